The zero-order valence-corrected chi connectivity index (χ0v) is 8.00. The van der Waals surface area contributed by atoms with Crippen molar-refractivity contribution in [2.45, 2.75) is 19.3 Å². The molecule has 0 aliphatic rings. The number of nitrogens with two attached hydrogens (primary N) is 1. The fourth-order valence-corrected chi connectivity index (χ4v) is 1.37. The SMILES string of the molecule is CC(CCN)c1ccc(O)c(F)c1O. The van der Waals surface area contributed by atoms with Crippen LogP contribution in [0.1, 0.15) is 24.8 Å². The van der Waals surface area contributed by atoms with E-state index in [1.807, 2.05) is 6.92 Å². The van der Waals surface area contributed by atoms with Gasteiger partial charge in [0.25, 0.3) is 0 Å². The first-order chi connectivity index (χ1) is 6.57. The second-order valence-electron chi connectivity index (χ2n) is 3.31. The van der Waals surface area contributed by atoms with Gasteiger partial charge < -0.3 is 15.9 Å². The molecule has 0 fully saturated rings. The maximum atomic E-state index is 13.1. The molecule has 1 aromatic carbocycles. The minimum Gasteiger partial charge on any atom is -0.505 e. The van der Waals surface area contributed by atoms with Crippen LogP contribution in [0.25, 0.3) is 0 Å². The Kier molecular flexibility index (Phi) is 3.30. The third-order valence-corrected chi connectivity index (χ3v) is 2.26. The maximum absolute atomic E-state index is 13.1. The number of phenolic OH excluding ortho intramolecular Hbond substituents is 2. The molecule has 0 amide bonds. The lowest BCUT2D eigenvalue weighted by Gasteiger charge is -2.13. The molecule has 78 valence electrons. The quantitative estimate of drug-likeness (QED) is 0.694. The summed E-state index contributed by atoms with van der Waals surface area (Å²) < 4.78 is 13.1. The van der Waals surface area contributed by atoms with Crippen LogP contribution in [-0.2, 0) is 0 Å². The molecule has 0 saturated heterocycles. The Balaban J connectivity index is 3.04. The first kappa shape index (κ1) is 10.8. The minimum absolute atomic E-state index is 0.0184. The molecule has 3 nitrogen and oxygen atoms in total. The highest BCUT2D eigenvalue weighted by molar-refractivity contribution is 5.42. The van der Waals surface area contributed by atoms with E-state index in [2.05, 4.69) is 0 Å². The van der Waals surface area contributed by atoms with Gasteiger partial charge in [-0.2, -0.15) is 4.39 Å². The molecule has 1 atom stereocenters. The molecule has 1 aromatic rings. The van der Waals surface area contributed by atoms with E-state index in [0.717, 1.165) is 0 Å². The molecule has 0 spiro atoms. The second kappa shape index (κ2) is 4.28. The average molecular weight is 199 g/mol. The van der Waals surface area contributed by atoms with E-state index in [0.29, 0.717) is 18.5 Å². The van der Waals surface area contributed by atoms with E-state index >= 15 is 0 Å². The van der Waals surface area contributed by atoms with Crippen LogP contribution in [0.5, 0.6) is 11.5 Å². The monoisotopic (exact) mass is 199 g/mol. The van der Waals surface area contributed by atoms with Gasteiger partial charge >= 0.3 is 0 Å². The molecule has 14 heavy (non-hydrogen) atoms. The summed E-state index contributed by atoms with van der Waals surface area (Å²) in [6.07, 6.45) is 0.664. The first-order valence-corrected chi connectivity index (χ1v) is 4.48. The highest BCUT2D eigenvalue weighted by Crippen LogP contribution is 2.34. The Bertz CT molecular complexity index is 328. The number of hydrogen-bond acceptors (Lipinski definition) is 3. The zero-order chi connectivity index (χ0) is 10.7. The topological polar surface area (TPSA) is 66.5 Å². The highest BCUT2D eigenvalue weighted by Gasteiger charge is 2.15. The lowest BCUT2D eigenvalue weighted by molar-refractivity contribution is 0.382. The van der Waals surface area contributed by atoms with E-state index in [-0.39, 0.29) is 5.92 Å². The number of halogens is 1. The predicted molar refractivity (Wildman–Crippen MR) is 51.8 cm³/mol. The molecule has 0 aliphatic heterocycles. The van der Waals surface area contributed by atoms with Crippen LogP contribution in [0.15, 0.2) is 12.1 Å². The first-order valence-electron chi connectivity index (χ1n) is 4.48. The molecular formula is C10H14FNO2. The Morgan fingerprint density at radius 2 is 2.07 bits per heavy atom. The van der Waals surface area contributed by atoms with Crippen molar-refractivity contribution in [1.29, 1.82) is 0 Å². The average Bonchev–Trinajstić information content (AvgIpc) is 2.15. The van der Waals surface area contributed by atoms with E-state index in [4.69, 9.17) is 10.8 Å². The van der Waals surface area contributed by atoms with Crippen LogP contribution >= 0.6 is 0 Å². The Morgan fingerprint density at radius 3 is 2.64 bits per heavy atom. The van der Waals surface area contributed by atoms with Crippen molar-refractivity contribution in [3.63, 3.8) is 0 Å². The van der Waals surface area contributed by atoms with Crippen LogP contribution in [0.4, 0.5) is 4.39 Å². The van der Waals surface area contributed by atoms with E-state index in [1.54, 1.807) is 0 Å². The van der Waals surface area contributed by atoms with Crippen molar-refractivity contribution in [3.05, 3.63) is 23.5 Å². The summed E-state index contributed by atoms with van der Waals surface area (Å²) in [6.45, 7) is 2.32. The van der Waals surface area contributed by atoms with Crippen molar-refractivity contribution in [3.8, 4) is 11.5 Å². The largest absolute Gasteiger partial charge is 0.505 e. The van der Waals surface area contributed by atoms with Crippen molar-refractivity contribution >= 4 is 0 Å². The fourth-order valence-electron chi connectivity index (χ4n) is 1.37. The van der Waals surface area contributed by atoms with E-state index < -0.39 is 17.3 Å². The van der Waals surface area contributed by atoms with Gasteiger partial charge in [-0.05, 0) is 24.9 Å². The number of phenols is 2. The molecule has 1 unspecified atom stereocenters. The van der Waals surface area contributed by atoms with Gasteiger partial charge in [0.2, 0.25) is 5.82 Å². The summed E-state index contributed by atoms with van der Waals surface area (Å²) in [6, 6.07) is 2.74. The number of hydrogen-bond donors (Lipinski definition) is 3. The lowest BCUT2D eigenvalue weighted by atomic mass is 9.96. The summed E-state index contributed by atoms with van der Waals surface area (Å²) in [7, 11) is 0. The zero-order valence-electron chi connectivity index (χ0n) is 8.00. The van der Waals surface area contributed by atoms with Gasteiger partial charge in [-0.15, -0.1) is 0 Å². The molecule has 0 aromatic heterocycles. The van der Waals surface area contributed by atoms with E-state index in [9.17, 15) is 9.50 Å². The van der Waals surface area contributed by atoms with Gasteiger partial charge in [-0.1, -0.05) is 13.0 Å². The van der Waals surface area contributed by atoms with Crippen molar-refractivity contribution < 1.29 is 14.6 Å². The lowest BCUT2D eigenvalue weighted by Crippen LogP contribution is -2.05. The summed E-state index contributed by atoms with van der Waals surface area (Å²) >= 11 is 0. The molecule has 4 heteroatoms. The molecule has 4 N–H and O–H groups in total. The molecule has 0 radical (unpaired) electrons. The van der Waals surface area contributed by atoms with Crippen LogP contribution in [0.3, 0.4) is 0 Å². The predicted octanol–water partition coefficient (Wildman–Crippen LogP) is 1.69. The summed E-state index contributed by atoms with van der Waals surface area (Å²) in [5.41, 5.74) is 5.84. The Hall–Kier alpha value is -1.29. The summed E-state index contributed by atoms with van der Waals surface area (Å²) in [5, 5.41) is 18.4. The normalized spacial score (nSPS) is 12.8. The molecule has 1 rings (SSSR count). The third-order valence-electron chi connectivity index (χ3n) is 2.26. The molecule has 0 heterocycles. The summed E-state index contributed by atoms with van der Waals surface area (Å²) in [5.74, 6) is -2.00. The maximum Gasteiger partial charge on any atom is 0.206 e. The molecular weight excluding hydrogens is 185 g/mol. The van der Waals surface area contributed by atoms with Crippen LogP contribution in [-0.4, -0.2) is 16.8 Å². The Labute approximate surface area is 82.0 Å². The van der Waals surface area contributed by atoms with Gasteiger partial charge in [-0.3, -0.25) is 0 Å². The van der Waals surface area contributed by atoms with Gasteiger partial charge in [0.1, 0.15) is 0 Å². The second-order valence-corrected chi connectivity index (χ2v) is 3.31. The van der Waals surface area contributed by atoms with Crippen molar-refractivity contribution in [2.75, 3.05) is 6.54 Å². The molecule has 0 saturated carbocycles. The van der Waals surface area contributed by atoms with Crippen molar-refractivity contribution in [2.24, 2.45) is 5.73 Å². The van der Waals surface area contributed by atoms with Crippen LogP contribution in [0, 0.1) is 5.82 Å². The van der Waals surface area contributed by atoms with Gasteiger partial charge in [-0.25, -0.2) is 0 Å². The third kappa shape index (κ3) is 1.96. The fraction of sp³-hybridized carbons (Fsp3) is 0.400. The molecule has 0 bridgehead atoms. The number of aromatic hydroxyl groups is 2. The molecule has 0 aliphatic carbocycles. The Morgan fingerprint density at radius 1 is 1.43 bits per heavy atom. The minimum atomic E-state index is -0.966. The van der Waals surface area contributed by atoms with Crippen LogP contribution < -0.4 is 5.73 Å². The smallest absolute Gasteiger partial charge is 0.206 e. The standard InChI is InChI=1S/C10H14FNO2/c1-6(4-5-12)7-2-3-8(13)9(11)10(7)14/h2-3,6,13-14H,4-5,12H2,1H3. The highest BCUT2D eigenvalue weighted by atomic mass is 19.1. The van der Waals surface area contributed by atoms with Crippen LogP contribution in [0.2, 0.25) is 0 Å². The van der Waals surface area contributed by atoms with Gasteiger partial charge in [0.05, 0.1) is 0 Å². The number of benzene rings is 1. The van der Waals surface area contributed by atoms with E-state index in [1.165, 1.54) is 12.1 Å². The number of rotatable bonds is 3. The van der Waals surface area contributed by atoms with Crippen molar-refractivity contribution in [1.82, 2.24) is 0 Å². The summed E-state index contributed by atoms with van der Waals surface area (Å²) in [4.78, 5) is 0. The van der Waals surface area contributed by atoms with Gasteiger partial charge in [0, 0.05) is 5.56 Å². The van der Waals surface area contributed by atoms with Gasteiger partial charge in [0.15, 0.2) is 11.5 Å².